The van der Waals surface area contributed by atoms with E-state index in [-0.39, 0.29) is 17.8 Å². The quantitative estimate of drug-likeness (QED) is 0.721. The van der Waals surface area contributed by atoms with Crippen LogP contribution in [0, 0.1) is 6.92 Å². The van der Waals surface area contributed by atoms with Crippen LogP contribution in [0.15, 0.2) is 12.1 Å². The average molecular weight is 349 g/mol. The highest BCUT2D eigenvalue weighted by molar-refractivity contribution is 5.76. The number of hydrogen-bond donors (Lipinski definition) is 0. The van der Waals surface area contributed by atoms with Crippen molar-refractivity contribution < 1.29 is 19.1 Å². The first-order valence-corrected chi connectivity index (χ1v) is 8.90. The number of aryl methyl sites for hydroxylation is 1. The molecule has 5 heteroatoms. The minimum absolute atomic E-state index is 0.0738. The molecular formula is C20H31NO4. The summed E-state index contributed by atoms with van der Waals surface area (Å²) in [5.74, 6) is 0.131. The van der Waals surface area contributed by atoms with Crippen LogP contribution in [-0.4, -0.2) is 36.7 Å². The summed E-state index contributed by atoms with van der Waals surface area (Å²) in [5.41, 5.74) is 2.54. The fourth-order valence-corrected chi connectivity index (χ4v) is 2.56. The van der Waals surface area contributed by atoms with Crippen LogP contribution in [0.4, 0.5) is 4.79 Å². The maximum absolute atomic E-state index is 12.4. The predicted octanol–water partition coefficient (Wildman–Crippen LogP) is 4.24. The van der Waals surface area contributed by atoms with Gasteiger partial charge in [0.1, 0.15) is 5.75 Å². The lowest BCUT2D eigenvalue weighted by atomic mass is 9.84. The zero-order valence-electron chi connectivity index (χ0n) is 16.6. The first-order chi connectivity index (χ1) is 11.6. The Morgan fingerprint density at radius 2 is 1.68 bits per heavy atom. The molecule has 5 nitrogen and oxygen atoms in total. The first-order valence-electron chi connectivity index (χ1n) is 8.90. The number of hydrogen-bond acceptors (Lipinski definition) is 4. The third kappa shape index (κ3) is 5.76. The zero-order chi connectivity index (χ0) is 19.2. The molecule has 140 valence electrons. The average Bonchev–Trinajstić information content (AvgIpc) is 2.50. The van der Waals surface area contributed by atoms with Crippen molar-refractivity contribution in [2.75, 3.05) is 19.7 Å². The minimum atomic E-state index is -0.401. The molecule has 0 saturated carbocycles. The number of nitrogens with zero attached hydrogens (tertiary/aromatic N) is 1. The SMILES string of the molecule is CCOC(=O)Cc1cc(C(C)(C)C)cc(C)c1OC(=O)N(CC)CC. The zero-order valence-corrected chi connectivity index (χ0v) is 16.6. The van der Waals surface area contributed by atoms with Crippen LogP contribution in [-0.2, 0) is 21.4 Å². The Morgan fingerprint density at radius 3 is 2.16 bits per heavy atom. The van der Waals surface area contributed by atoms with Crippen molar-refractivity contribution >= 4 is 12.1 Å². The summed E-state index contributed by atoms with van der Waals surface area (Å²) in [7, 11) is 0. The number of carbonyl (C=O) groups is 2. The predicted molar refractivity (Wildman–Crippen MR) is 99.2 cm³/mol. The Labute approximate surface area is 151 Å². The lowest BCUT2D eigenvalue weighted by molar-refractivity contribution is -0.142. The number of benzene rings is 1. The van der Waals surface area contributed by atoms with Gasteiger partial charge >= 0.3 is 12.1 Å². The number of rotatable bonds is 6. The van der Waals surface area contributed by atoms with E-state index in [4.69, 9.17) is 9.47 Å². The van der Waals surface area contributed by atoms with Gasteiger partial charge < -0.3 is 14.4 Å². The number of ether oxygens (including phenoxy) is 2. The molecule has 0 unspecified atom stereocenters. The lowest BCUT2D eigenvalue weighted by Crippen LogP contribution is -2.33. The second-order valence-corrected chi connectivity index (χ2v) is 7.05. The second-order valence-electron chi connectivity index (χ2n) is 7.05. The van der Waals surface area contributed by atoms with Gasteiger partial charge in [-0.05, 0) is 44.2 Å². The Balaban J connectivity index is 3.29. The molecule has 0 bridgehead atoms. The van der Waals surface area contributed by atoms with Gasteiger partial charge in [-0.25, -0.2) is 4.79 Å². The molecule has 0 heterocycles. The van der Waals surface area contributed by atoms with Crippen LogP contribution in [0.3, 0.4) is 0 Å². The van der Waals surface area contributed by atoms with E-state index < -0.39 is 6.09 Å². The van der Waals surface area contributed by atoms with Crippen molar-refractivity contribution in [1.29, 1.82) is 0 Å². The Kier molecular flexibility index (Phi) is 7.46. The van der Waals surface area contributed by atoms with E-state index in [1.165, 1.54) is 0 Å². The number of esters is 1. The van der Waals surface area contributed by atoms with Gasteiger partial charge in [-0.3, -0.25) is 4.79 Å². The van der Waals surface area contributed by atoms with Crippen molar-refractivity contribution in [3.8, 4) is 5.75 Å². The summed E-state index contributed by atoms with van der Waals surface area (Å²) < 4.78 is 10.7. The number of carbonyl (C=O) groups excluding carboxylic acids is 2. The molecule has 0 N–H and O–H groups in total. The van der Waals surface area contributed by atoms with E-state index in [2.05, 4.69) is 20.8 Å². The van der Waals surface area contributed by atoms with Crippen LogP contribution >= 0.6 is 0 Å². The van der Waals surface area contributed by atoms with Crippen molar-refractivity contribution in [3.05, 3.63) is 28.8 Å². The highest BCUT2D eigenvalue weighted by Gasteiger charge is 2.22. The van der Waals surface area contributed by atoms with Gasteiger partial charge in [0.25, 0.3) is 0 Å². The van der Waals surface area contributed by atoms with E-state index in [1.54, 1.807) is 11.8 Å². The fourth-order valence-electron chi connectivity index (χ4n) is 2.56. The molecule has 0 radical (unpaired) electrons. The monoisotopic (exact) mass is 349 g/mol. The smallest absolute Gasteiger partial charge is 0.415 e. The summed E-state index contributed by atoms with van der Waals surface area (Å²) in [5, 5.41) is 0. The van der Waals surface area contributed by atoms with E-state index >= 15 is 0 Å². The molecule has 0 aliphatic heterocycles. The Bertz CT molecular complexity index is 613. The summed E-state index contributed by atoms with van der Waals surface area (Å²) in [4.78, 5) is 26.0. The maximum atomic E-state index is 12.4. The van der Waals surface area contributed by atoms with Crippen molar-refractivity contribution in [2.45, 2.75) is 60.3 Å². The van der Waals surface area contributed by atoms with Gasteiger partial charge in [0.15, 0.2) is 0 Å². The van der Waals surface area contributed by atoms with Crippen LogP contribution in [0.1, 0.15) is 58.2 Å². The van der Waals surface area contributed by atoms with Crippen LogP contribution in [0.5, 0.6) is 5.75 Å². The van der Waals surface area contributed by atoms with Gasteiger partial charge in [-0.15, -0.1) is 0 Å². The Morgan fingerprint density at radius 1 is 1.08 bits per heavy atom. The van der Waals surface area contributed by atoms with E-state index in [9.17, 15) is 9.59 Å². The summed E-state index contributed by atoms with van der Waals surface area (Å²) in [6, 6.07) is 3.95. The summed E-state index contributed by atoms with van der Waals surface area (Å²) in [6.45, 7) is 15.3. The largest absolute Gasteiger partial charge is 0.466 e. The summed E-state index contributed by atoms with van der Waals surface area (Å²) in [6.07, 6.45) is -0.318. The third-order valence-corrected chi connectivity index (χ3v) is 4.07. The van der Waals surface area contributed by atoms with Crippen molar-refractivity contribution in [1.82, 2.24) is 4.90 Å². The molecule has 1 rings (SSSR count). The normalized spacial score (nSPS) is 11.2. The standard InChI is InChI=1S/C20H31NO4/c1-8-21(9-2)19(23)25-18-14(4)11-16(20(5,6)7)12-15(18)13-17(22)24-10-3/h11-12H,8-10,13H2,1-7H3. The summed E-state index contributed by atoms with van der Waals surface area (Å²) >= 11 is 0. The Hall–Kier alpha value is -2.04. The minimum Gasteiger partial charge on any atom is -0.466 e. The van der Waals surface area contributed by atoms with E-state index in [1.807, 2.05) is 32.9 Å². The molecule has 25 heavy (non-hydrogen) atoms. The highest BCUT2D eigenvalue weighted by atomic mass is 16.6. The van der Waals surface area contributed by atoms with Gasteiger partial charge in [0.05, 0.1) is 13.0 Å². The lowest BCUT2D eigenvalue weighted by Gasteiger charge is -2.24. The highest BCUT2D eigenvalue weighted by Crippen LogP contribution is 2.32. The van der Waals surface area contributed by atoms with Gasteiger partial charge in [-0.2, -0.15) is 0 Å². The molecule has 0 atom stereocenters. The van der Waals surface area contributed by atoms with Gasteiger partial charge in [0.2, 0.25) is 0 Å². The number of amides is 1. The molecule has 1 aromatic rings. The first kappa shape index (κ1) is 21.0. The van der Waals surface area contributed by atoms with E-state index in [0.29, 0.717) is 31.0 Å². The second kappa shape index (κ2) is 8.88. The van der Waals surface area contributed by atoms with Gasteiger partial charge in [-0.1, -0.05) is 32.9 Å². The molecular weight excluding hydrogens is 318 g/mol. The van der Waals surface area contributed by atoms with Crippen LogP contribution in [0.2, 0.25) is 0 Å². The van der Waals surface area contributed by atoms with Crippen LogP contribution < -0.4 is 4.74 Å². The molecule has 0 aliphatic rings. The molecule has 1 amide bonds. The maximum Gasteiger partial charge on any atom is 0.415 e. The topological polar surface area (TPSA) is 55.8 Å². The molecule has 0 aromatic heterocycles. The fraction of sp³-hybridized carbons (Fsp3) is 0.600. The molecule has 1 aromatic carbocycles. The molecule has 0 saturated heterocycles. The molecule has 0 fully saturated rings. The molecule has 0 aliphatic carbocycles. The van der Waals surface area contributed by atoms with E-state index in [0.717, 1.165) is 11.1 Å². The van der Waals surface area contributed by atoms with Crippen LogP contribution in [0.25, 0.3) is 0 Å². The van der Waals surface area contributed by atoms with Crippen molar-refractivity contribution in [2.24, 2.45) is 0 Å². The van der Waals surface area contributed by atoms with Gasteiger partial charge in [0, 0.05) is 18.7 Å². The molecule has 0 spiro atoms. The third-order valence-electron chi connectivity index (χ3n) is 4.07. The van der Waals surface area contributed by atoms with Crippen molar-refractivity contribution in [3.63, 3.8) is 0 Å².